The SMILES string of the molecule is COc1cccc(-c2nc(C(=O)N3CCC(C)(C(=O)O)C3)c(C)[nH]2)c1. The number of amides is 1. The highest BCUT2D eigenvalue weighted by Crippen LogP contribution is 2.31. The first-order chi connectivity index (χ1) is 11.8. The van der Waals surface area contributed by atoms with Gasteiger partial charge >= 0.3 is 5.97 Å². The van der Waals surface area contributed by atoms with Crippen LogP contribution < -0.4 is 4.74 Å². The zero-order valence-corrected chi connectivity index (χ0v) is 14.5. The van der Waals surface area contributed by atoms with Crippen LogP contribution in [0.25, 0.3) is 11.4 Å². The number of imidazole rings is 1. The quantitative estimate of drug-likeness (QED) is 0.888. The second-order valence-electron chi connectivity index (χ2n) is 6.63. The van der Waals surface area contributed by atoms with Crippen molar-refractivity contribution in [1.82, 2.24) is 14.9 Å². The highest BCUT2D eigenvalue weighted by molar-refractivity contribution is 5.95. The molecule has 1 aromatic heterocycles. The standard InChI is InChI=1S/C18H21N3O4/c1-11-14(16(22)21-8-7-18(2,10-21)17(23)24)20-15(19-11)12-5-4-6-13(9-12)25-3/h4-6,9H,7-8,10H2,1-3H3,(H,19,20)(H,23,24). The average molecular weight is 343 g/mol. The summed E-state index contributed by atoms with van der Waals surface area (Å²) in [7, 11) is 1.59. The number of carboxylic acids is 1. The monoisotopic (exact) mass is 343 g/mol. The van der Waals surface area contributed by atoms with Crippen LogP contribution in [0.1, 0.15) is 29.5 Å². The van der Waals surface area contributed by atoms with Gasteiger partial charge in [0.1, 0.15) is 17.3 Å². The number of ether oxygens (including phenoxy) is 1. The Bertz CT molecular complexity index is 829. The number of carbonyl (C=O) groups excluding carboxylic acids is 1. The van der Waals surface area contributed by atoms with Crippen molar-refractivity contribution < 1.29 is 19.4 Å². The Morgan fingerprint density at radius 1 is 1.40 bits per heavy atom. The van der Waals surface area contributed by atoms with Crippen molar-refractivity contribution in [3.63, 3.8) is 0 Å². The van der Waals surface area contributed by atoms with Crippen LogP contribution in [-0.4, -0.2) is 52.1 Å². The lowest BCUT2D eigenvalue weighted by Gasteiger charge is -2.19. The fraction of sp³-hybridized carbons (Fsp3) is 0.389. The van der Waals surface area contributed by atoms with Crippen LogP contribution in [0.4, 0.5) is 0 Å². The van der Waals surface area contributed by atoms with E-state index in [1.165, 1.54) is 0 Å². The number of aryl methyl sites for hydroxylation is 1. The third kappa shape index (κ3) is 3.09. The van der Waals surface area contributed by atoms with E-state index in [2.05, 4.69) is 9.97 Å². The minimum atomic E-state index is -0.893. The molecule has 1 atom stereocenters. The van der Waals surface area contributed by atoms with Crippen LogP contribution in [0, 0.1) is 12.3 Å². The first kappa shape index (κ1) is 17.0. The van der Waals surface area contributed by atoms with Gasteiger partial charge in [-0.05, 0) is 32.4 Å². The zero-order valence-electron chi connectivity index (χ0n) is 14.5. The summed E-state index contributed by atoms with van der Waals surface area (Å²) >= 11 is 0. The molecule has 3 rings (SSSR count). The van der Waals surface area contributed by atoms with Crippen molar-refractivity contribution >= 4 is 11.9 Å². The van der Waals surface area contributed by atoms with Crippen LogP contribution in [-0.2, 0) is 4.79 Å². The molecule has 1 aliphatic rings. The van der Waals surface area contributed by atoms with Gasteiger partial charge < -0.3 is 19.7 Å². The molecule has 1 aliphatic heterocycles. The number of methoxy groups -OCH3 is 1. The normalized spacial score (nSPS) is 19.9. The number of carboxylic acid groups (broad SMARTS) is 1. The molecule has 1 aromatic carbocycles. The maximum atomic E-state index is 12.8. The van der Waals surface area contributed by atoms with Crippen molar-refractivity contribution in [2.45, 2.75) is 20.3 Å². The molecule has 1 amide bonds. The van der Waals surface area contributed by atoms with E-state index in [4.69, 9.17) is 4.74 Å². The number of likely N-dealkylation sites (tertiary alicyclic amines) is 1. The molecule has 2 N–H and O–H groups in total. The largest absolute Gasteiger partial charge is 0.497 e. The number of nitrogens with one attached hydrogen (secondary N) is 1. The lowest BCUT2D eigenvalue weighted by Crippen LogP contribution is -2.35. The molecule has 0 saturated carbocycles. The molecule has 1 fully saturated rings. The Morgan fingerprint density at radius 3 is 2.80 bits per heavy atom. The fourth-order valence-electron chi connectivity index (χ4n) is 3.03. The van der Waals surface area contributed by atoms with Gasteiger partial charge in [0.2, 0.25) is 0 Å². The maximum absolute atomic E-state index is 12.8. The van der Waals surface area contributed by atoms with E-state index in [9.17, 15) is 14.7 Å². The Labute approximate surface area is 145 Å². The average Bonchev–Trinajstić information content (AvgIpc) is 3.19. The molecule has 7 nitrogen and oxygen atoms in total. The Hall–Kier alpha value is -2.83. The van der Waals surface area contributed by atoms with Crippen LogP contribution in [0.5, 0.6) is 5.75 Å². The fourth-order valence-corrected chi connectivity index (χ4v) is 3.03. The van der Waals surface area contributed by atoms with Gasteiger partial charge in [-0.2, -0.15) is 0 Å². The lowest BCUT2D eigenvalue weighted by atomic mass is 9.90. The molecule has 0 bridgehead atoms. The number of rotatable bonds is 4. The van der Waals surface area contributed by atoms with Crippen molar-refractivity contribution in [1.29, 1.82) is 0 Å². The number of carbonyl (C=O) groups is 2. The smallest absolute Gasteiger partial charge is 0.311 e. The van der Waals surface area contributed by atoms with Gasteiger partial charge in [0.15, 0.2) is 0 Å². The molecule has 1 unspecified atom stereocenters. The van der Waals surface area contributed by atoms with E-state index in [-0.39, 0.29) is 12.5 Å². The molecule has 25 heavy (non-hydrogen) atoms. The van der Waals surface area contributed by atoms with Crippen molar-refractivity contribution in [2.24, 2.45) is 5.41 Å². The second-order valence-corrected chi connectivity index (χ2v) is 6.63. The molecule has 7 heteroatoms. The molecular formula is C18H21N3O4. The summed E-state index contributed by atoms with van der Waals surface area (Å²) in [5.74, 6) is 0.169. The van der Waals surface area contributed by atoms with Crippen LogP contribution in [0.15, 0.2) is 24.3 Å². The lowest BCUT2D eigenvalue weighted by molar-refractivity contribution is -0.147. The van der Waals surface area contributed by atoms with Gasteiger partial charge in [-0.15, -0.1) is 0 Å². The van der Waals surface area contributed by atoms with E-state index in [1.54, 1.807) is 25.9 Å². The zero-order chi connectivity index (χ0) is 18.2. The summed E-state index contributed by atoms with van der Waals surface area (Å²) in [6.45, 7) is 4.07. The molecule has 132 valence electrons. The Kier molecular flexibility index (Phi) is 4.24. The highest BCUT2D eigenvalue weighted by Gasteiger charge is 2.42. The summed E-state index contributed by atoms with van der Waals surface area (Å²) < 4.78 is 5.21. The summed E-state index contributed by atoms with van der Waals surface area (Å²) in [5, 5.41) is 9.33. The van der Waals surface area contributed by atoms with Crippen molar-refractivity contribution in [3.8, 4) is 17.1 Å². The van der Waals surface area contributed by atoms with E-state index in [1.807, 2.05) is 24.3 Å². The van der Waals surface area contributed by atoms with E-state index in [0.29, 0.717) is 35.9 Å². The molecule has 2 aromatic rings. The summed E-state index contributed by atoms with van der Waals surface area (Å²) in [6.07, 6.45) is 0.445. The third-order valence-electron chi connectivity index (χ3n) is 4.71. The second kappa shape index (κ2) is 6.23. The first-order valence-electron chi connectivity index (χ1n) is 8.08. The van der Waals surface area contributed by atoms with E-state index in [0.717, 1.165) is 5.56 Å². The topological polar surface area (TPSA) is 95.5 Å². The van der Waals surface area contributed by atoms with E-state index >= 15 is 0 Å². The number of benzene rings is 1. The molecular weight excluding hydrogens is 322 g/mol. The maximum Gasteiger partial charge on any atom is 0.311 e. The van der Waals surface area contributed by atoms with Crippen LogP contribution in [0.3, 0.4) is 0 Å². The van der Waals surface area contributed by atoms with Crippen molar-refractivity contribution in [3.05, 3.63) is 35.7 Å². The number of H-pyrrole nitrogens is 1. The van der Waals surface area contributed by atoms with Gasteiger partial charge in [-0.3, -0.25) is 9.59 Å². The number of hydrogen-bond acceptors (Lipinski definition) is 4. The number of aromatic nitrogens is 2. The molecule has 0 radical (unpaired) electrons. The summed E-state index contributed by atoms with van der Waals surface area (Å²) in [6, 6.07) is 7.41. The van der Waals surface area contributed by atoms with Gasteiger partial charge in [0.05, 0.1) is 12.5 Å². The van der Waals surface area contributed by atoms with Gasteiger partial charge in [-0.25, -0.2) is 4.98 Å². The van der Waals surface area contributed by atoms with E-state index < -0.39 is 11.4 Å². The molecule has 0 aliphatic carbocycles. The molecule has 0 spiro atoms. The summed E-state index contributed by atoms with van der Waals surface area (Å²) in [4.78, 5) is 33.3. The number of aliphatic carboxylic acids is 1. The Morgan fingerprint density at radius 2 is 2.16 bits per heavy atom. The minimum absolute atomic E-state index is 0.196. The molecule has 2 heterocycles. The van der Waals surface area contributed by atoms with Crippen molar-refractivity contribution in [2.75, 3.05) is 20.2 Å². The number of hydrogen-bond donors (Lipinski definition) is 2. The number of nitrogens with zero attached hydrogens (tertiary/aromatic N) is 2. The van der Waals surface area contributed by atoms with Crippen LogP contribution in [0.2, 0.25) is 0 Å². The predicted octanol–water partition coefficient (Wildman–Crippen LogP) is 2.33. The van der Waals surface area contributed by atoms with Gasteiger partial charge in [0.25, 0.3) is 5.91 Å². The van der Waals surface area contributed by atoms with Gasteiger partial charge in [0, 0.05) is 24.3 Å². The number of aromatic amines is 1. The molecule has 1 saturated heterocycles. The minimum Gasteiger partial charge on any atom is -0.497 e. The Balaban J connectivity index is 1.85. The first-order valence-corrected chi connectivity index (χ1v) is 8.08. The van der Waals surface area contributed by atoms with Gasteiger partial charge in [-0.1, -0.05) is 12.1 Å². The predicted molar refractivity (Wildman–Crippen MR) is 91.6 cm³/mol. The third-order valence-corrected chi connectivity index (χ3v) is 4.71. The summed E-state index contributed by atoms with van der Waals surface area (Å²) in [5.41, 5.74) is 0.910. The van der Waals surface area contributed by atoms with Crippen LogP contribution >= 0.6 is 0 Å². The highest BCUT2D eigenvalue weighted by atomic mass is 16.5.